The lowest BCUT2D eigenvalue weighted by atomic mass is 10.2. The first-order valence-corrected chi connectivity index (χ1v) is 8.51. The van der Waals surface area contributed by atoms with Crippen LogP contribution in [0.2, 0.25) is 0 Å². The lowest BCUT2D eigenvalue weighted by Crippen LogP contribution is -2.48. The molecule has 1 unspecified atom stereocenters. The Morgan fingerprint density at radius 1 is 1.46 bits per heavy atom. The monoisotopic (exact) mass is 335 g/mol. The fourth-order valence-corrected chi connectivity index (χ4v) is 2.88. The van der Waals surface area contributed by atoms with Gasteiger partial charge < -0.3 is 20.1 Å². The number of ether oxygens (including phenoxy) is 2. The maximum atomic E-state index is 12.1. The quantitative estimate of drug-likeness (QED) is 0.838. The van der Waals surface area contributed by atoms with Crippen LogP contribution in [0, 0.1) is 12.8 Å². The Morgan fingerprint density at radius 3 is 2.96 bits per heavy atom. The standard InChI is InChI=1S/C18H29N3O3/c1-13(2)11-21-7-8-24-15(12-21)10-19-18(22)20-16-9-14(3)5-6-17(16)23-4/h5-6,9,13,15H,7-8,10-12H2,1-4H3,(H2,19,20,22). The third kappa shape index (κ3) is 5.69. The maximum absolute atomic E-state index is 12.1. The first kappa shape index (κ1) is 18.5. The van der Waals surface area contributed by atoms with E-state index in [4.69, 9.17) is 9.47 Å². The Balaban J connectivity index is 1.82. The molecule has 0 spiro atoms. The van der Waals surface area contributed by atoms with Gasteiger partial charge in [-0.2, -0.15) is 0 Å². The Morgan fingerprint density at radius 2 is 2.25 bits per heavy atom. The van der Waals surface area contributed by atoms with Crippen molar-refractivity contribution < 1.29 is 14.3 Å². The number of morpholine rings is 1. The van der Waals surface area contributed by atoms with Gasteiger partial charge in [-0.05, 0) is 30.5 Å². The van der Waals surface area contributed by atoms with Crippen molar-refractivity contribution >= 4 is 11.7 Å². The highest BCUT2D eigenvalue weighted by atomic mass is 16.5. The first-order chi connectivity index (χ1) is 11.5. The molecule has 1 saturated heterocycles. The lowest BCUT2D eigenvalue weighted by Gasteiger charge is -2.33. The van der Waals surface area contributed by atoms with E-state index in [-0.39, 0.29) is 12.1 Å². The van der Waals surface area contributed by atoms with Crippen LogP contribution in [0.1, 0.15) is 19.4 Å². The zero-order valence-corrected chi connectivity index (χ0v) is 15.1. The number of urea groups is 1. The molecular formula is C18H29N3O3. The van der Waals surface area contributed by atoms with Crippen molar-refractivity contribution in [1.82, 2.24) is 10.2 Å². The van der Waals surface area contributed by atoms with E-state index in [0.717, 1.165) is 25.2 Å². The molecule has 1 aromatic carbocycles. The van der Waals surface area contributed by atoms with Crippen LogP contribution in [0.15, 0.2) is 18.2 Å². The zero-order chi connectivity index (χ0) is 17.5. The Bertz CT molecular complexity index is 548. The second kappa shape index (κ2) is 8.89. The topological polar surface area (TPSA) is 62.8 Å². The summed E-state index contributed by atoms with van der Waals surface area (Å²) < 4.78 is 11.0. The van der Waals surface area contributed by atoms with Crippen LogP contribution in [-0.2, 0) is 4.74 Å². The molecule has 1 aromatic rings. The number of benzene rings is 1. The maximum Gasteiger partial charge on any atom is 0.319 e. The first-order valence-electron chi connectivity index (χ1n) is 8.51. The number of rotatable bonds is 6. The van der Waals surface area contributed by atoms with E-state index in [1.165, 1.54) is 0 Å². The molecule has 0 aromatic heterocycles. The van der Waals surface area contributed by atoms with Gasteiger partial charge in [-0.15, -0.1) is 0 Å². The number of nitrogens with one attached hydrogen (secondary N) is 2. The second-order valence-corrected chi connectivity index (χ2v) is 6.68. The second-order valence-electron chi connectivity index (χ2n) is 6.68. The minimum absolute atomic E-state index is 0.0302. The summed E-state index contributed by atoms with van der Waals surface area (Å²) in [7, 11) is 1.59. The molecule has 1 atom stereocenters. The molecule has 0 radical (unpaired) electrons. The van der Waals surface area contributed by atoms with Crippen molar-refractivity contribution in [2.45, 2.75) is 26.9 Å². The van der Waals surface area contributed by atoms with Crippen LogP contribution in [0.5, 0.6) is 5.75 Å². The molecule has 2 amide bonds. The minimum atomic E-state index is -0.247. The van der Waals surface area contributed by atoms with E-state index < -0.39 is 0 Å². The molecule has 2 N–H and O–H groups in total. The van der Waals surface area contributed by atoms with E-state index in [1.807, 2.05) is 25.1 Å². The highest BCUT2D eigenvalue weighted by Gasteiger charge is 2.21. The summed E-state index contributed by atoms with van der Waals surface area (Å²) >= 11 is 0. The van der Waals surface area contributed by atoms with Crippen LogP contribution in [-0.4, -0.2) is 56.9 Å². The molecule has 1 fully saturated rings. The van der Waals surface area contributed by atoms with Gasteiger partial charge in [-0.25, -0.2) is 4.79 Å². The normalized spacial score (nSPS) is 18.5. The molecule has 1 heterocycles. The average molecular weight is 335 g/mol. The molecule has 6 heteroatoms. The molecule has 0 saturated carbocycles. The molecule has 2 rings (SSSR count). The molecule has 134 valence electrons. The van der Waals surface area contributed by atoms with Crippen molar-refractivity contribution in [3.05, 3.63) is 23.8 Å². The van der Waals surface area contributed by atoms with Gasteiger partial charge in [0.25, 0.3) is 0 Å². The van der Waals surface area contributed by atoms with Gasteiger partial charge in [-0.1, -0.05) is 19.9 Å². The van der Waals surface area contributed by atoms with Gasteiger partial charge >= 0.3 is 6.03 Å². The molecule has 24 heavy (non-hydrogen) atoms. The van der Waals surface area contributed by atoms with Gasteiger partial charge in [0.15, 0.2) is 0 Å². The summed E-state index contributed by atoms with van der Waals surface area (Å²) in [5.41, 5.74) is 1.73. The number of hydrogen-bond acceptors (Lipinski definition) is 4. The molecule has 1 aliphatic rings. The predicted octanol–water partition coefficient (Wildman–Crippen LogP) is 2.48. The highest BCUT2D eigenvalue weighted by Crippen LogP contribution is 2.24. The molecule has 6 nitrogen and oxygen atoms in total. The average Bonchev–Trinajstić information content (AvgIpc) is 2.53. The van der Waals surface area contributed by atoms with E-state index in [9.17, 15) is 4.79 Å². The fourth-order valence-electron chi connectivity index (χ4n) is 2.88. The largest absolute Gasteiger partial charge is 0.495 e. The van der Waals surface area contributed by atoms with Gasteiger partial charge in [0.1, 0.15) is 5.75 Å². The Labute approximate surface area is 144 Å². The summed E-state index contributed by atoms with van der Waals surface area (Å²) in [6.45, 7) is 10.5. The van der Waals surface area contributed by atoms with Crippen LogP contribution >= 0.6 is 0 Å². The smallest absolute Gasteiger partial charge is 0.319 e. The van der Waals surface area contributed by atoms with Crippen molar-refractivity contribution in [3.63, 3.8) is 0 Å². The lowest BCUT2D eigenvalue weighted by molar-refractivity contribution is -0.0288. The van der Waals surface area contributed by atoms with Crippen molar-refractivity contribution in [2.24, 2.45) is 5.92 Å². The number of anilines is 1. The van der Waals surface area contributed by atoms with Crippen LogP contribution in [0.4, 0.5) is 10.5 Å². The zero-order valence-electron chi connectivity index (χ0n) is 15.1. The van der Waals surface area contributed by atoms with E-state index in [1.54, 1.807) is 7.11 Å². The summed E-state index contributed by atoms with van der Waals surface area (Å²) in [4.78, 5) is 14.5. The van der Waals surface area contributed by atoms with E-state index in [0.29, 0.717) is 30.5 Å². The van der Waals surface area contributed by atoms with Gasteiger partial charge in [0, 0.05) is 26.2 Å². The third-order valence-corrected chi connectivity index (χ3v) is 3.94. The Kier molecular flexibility index (Phi) is 6.87. The van der Waals surface area contributed by atoms with Gasteiger partial charge in [-0.3, -0.25) is 4.90 Å². The van der Waals surface area contributed by atoms with Crippen LogP contribution in [0.25, 0.3) is 0 Å². The number of carbonyl (C=O) groups is 1. The third-order valence-electron chi connectivity index (χ3n) is 3.94. The number of aryl methyl sites for hydroxylation is 1. The Hall–Kier alpha value is -1.79. The number of carbonyl (C=O) groups excluding carboxylic acids is 1. The van der Waals surface area contributed by atoms with Gasteiger partial charge in [0.05, 0.1) is 25.5 Å². The number of hydrogen-bond donors (Lipinski definition) is 2. The minimum Gasteiger partial charge on any atom is -0.495 e. The van der Waals surface area contributed by atoms with Crippen molar-refractivity contribution in [3.8, 4) is 5.75 Å². The summed E-state index contributed by atoms with van der Waals surface area (Å²) in [5.74, 6) is 1.28. The van der Waals surface area contributed by atoms with Gasteiger partial charge in [0.2, 0.25) is 0 Å². The highest BCUT2D eigenvalue weighted by molar-refractivity contribution is 5.91. The number of nitrogens with zero attached hydrogens (tertiary/aromatic N) is 1. The predicted molar refractivity (Wildman–Crippen MR) is 95.8 cm³/mol. The number of methoxy groups -OCH3 is 1. The van der Waals surface area contributed by atoms with E-state index in [2.05, 4.69) is 29.4 Å². The SMILES string of the molecule is COc1ccc(C)cc1NC(=O)NCC1CN(CC(C)C)CCO1. The molecule has 1 aliphatic heterocycles. The van der Waals surface area contributed by atoms with E-state index >= 15 is 0 Å². The number of amides is 2. The summed E-state index contributed by atoms with van der Waals surface area (Å²) in [5, 5.41) is 5.73. The summed E-state index contributed by atoms with van der Waals surface area (Å²) in [6.07, 6.45) is 0.0302. The van der Waals surface area contributed by atoms with Crippen LogP contribution in [0.3, 0.4) is 0 Å². The fraction of sp³-hybridized carbons (Fsp3) is 0.611. The van der Waals surface area contributed by atoms with Crippen molar-refractivity contribution in [1.29, 1.82) is 0 Å². The summed E-state index contributed by atoms with van der Waals surface area (Å²) in [6, 6.07) is 5.43. The molecule has 0 aliphatic carbocycles. The van der Waals surface area contributed by atoms with Crippen LogP contribution < -0.4 is 15.4 Å². The molecule has 0 bridgehead atoms. The molecular weight excluding hydrogens is 306 g/mol. The van der Waals surface area contributed by atoms with Crippen molar-refractivity contribution in [2.75, 3.05) is 45.2 Å².